The number of carbonyl (C=O) groups is 1. The number of methoxy groups -OCH3 is 2. The average molecular weight is 294 g/mol. The summed E-state index contributed by atoms with van der Waals surface area (Å²) in [5.74, 6) is 2.01. The fraction of sp³-hybridized carbons (Fsp3) is 0.562. The van der Waals surface area contributed by atoms with Crippen molar-refractivity contribution in [2.45, 2.75) is 26.7 Å². The van der Waals surface area contributed by atoms with Gasteiger partial charge in [0.25, 0.3) is 0 Å². The second-order valence-corrected chi connectivity index (χ2v) is 5.30. The summed E-state index contributed by atoms with van der Waals surface area (Å²) in [4.78, 5) is 11.6. The maximum atomic E-state index is 11.6. The van der Waals surface area contributed by atoms with Gasteiger partial charge in [-0.3, -0.25) is 0 Å². The predicted octanol–water partition coefficient (Wildman–Crippen LogP) is 2.59. The molecule has 0 aliphatic carbocycles. The van der Waals surface area contributed by atoms with E-state index in [-0.39, 0.29) is 6.03 Å². The summed E-state index contributed by atoms with van der Waals surface area (Å²) >= 11 is 0. The molecule has 1 rings (SSSR count). The molecule has 118 valence electrons. The Kier molecular flexibility index (Phi) is 7.43. The van der Waals surface area contributed by atoms with Crippen molar-refractivity contribution >= 4 is 6.03 Å². The maximum absolute atomic E-state index is 11.6. The van der Waals surface area contributed by atoms with E-state index >= 15 is 0 Å². The third-order valence-electron chi connectivity index (χ3n) is 3.15. The minimum Gasteiger partial charge on any atom is -0.493 e. The molecule has 0 saturated heterocycles. The summed E-state index contributed by atoms with van der Waals surface area (Å²) in [5, 5.41) is 5.70. The first kappa shape index (κ1) is 17.1. The molecule has 5 nitrogen and oxygen atoms in total. The minimum atomic E-state index is -0.115. The van der Waals surface area contributed by atoms with Crippen LogP contribution < -0.4 is 20.1 Å². The summed E-state index contributed by atoms with van der Waals surface area (Å²) in [6, 6.07) is 5.66. The van der Waals surface area contributed by atoms with Gasteiger partial charge in [0.15, 0.2) is 11.5 Å². The maximum Gasteiger partial charge on any atom is 0.314 e. The van der Waals surface area contributed by atoms with Crippen LogP contribution in [-0.2, 0) is 6.42 Å². The van der Waals surface area contributed by atoms with E-state index in [2.05, 4.69) is 24.5 Å². The van der Waals surface area contributed by atoms with Crippen LogP contribution in [0.15, 0.2) is 18.2 Å². The summed E-state index contributed by atoms with van der Waals surface area (Å²) in [6.45, 7) is 5.57. The van der Waals surface area contributed by atoms with Crippen LogP contribution in [0.2, 0.25) is 0 Å². The lowest BCUT2D eigenvalue weighted by Gasteiger charge is -2.11. The number of benzene rings is 1. The van der Waals surface area contributed by atoms with Gasteiger partial charge in [-0.05, 0) is 36.5 Å². The number of carbonyl (C=O) groups excluding carboxylic acids is 1. The zero-order chi connectivity index (χ0) is 15.7. The Labute approximate surface area is 127 Å². The van der Waals surface area contributed by atoms with Crippen LogP contribution in [-0.4, -0.2) is 33.3 Å². The lowest BCUT2D eigenvalue weighted by molar-refractivity contribution is 0.240. The molecule has 0 saturated carbocycles. The molecule has 0 aromatic heterocycles. The Morgan fingerprint density at radius 3 is 2.38 bits per heavy atom. The molecule has 0 radical (unpaired) electrons. The van der Waals surface area contributed by atoms with Gasteiger partial charge in [0.2, 0.25) is 0 Å². The normalized spacial score (nSPS) is 10.3. The van der Waals surface area contributed by atoms with Crippen LogP contribution in [0.25, 0.3) is 0 Å². The molecule has 2 amide bonds. The SMILES string of the molecule is COc1ccc(CCNC(=O)NCCC(C)C)cc1OC. The van der Waals surface area contributed by atoms with Crippen LogP contribution in [0.3, 0.4) is 0 Å². The molecule has 0 spiro atoms. The van der Waals surface area contributed by atoms with Crippen molar-refractivity contribution in [1.29, 1.82) is 0 Å². The van der Waals surface area contributed by atoms with E-state index in [1.54, 1.807) is 14.2 Å². The Bertz CT molecular complexity index is 447. The van der Waals surface area contributed by atoms with Crippen molar-refractivity contribution in [2.75, 3.05) is 27.3 Å². The van der Waals surface area contributed by atoms with Gasteiger partial charge in [0.05, 0.1) is 14.2 Å². The average Bonchev–Trinajstić information content (AvgIpc) is 2.46. The highest BCUT2D eigenvalue weighted by atomic mass is 16.5. The van der Waals surface area contributed by atoms with Crippen molar-refractivity contribution in [3.05, 3.63) is 23.8 Å². The van der Waals surface area contributed by atoms with Gasteiger partial charge in [-0.1, -0.05) is 19.9 Å². The molecule has 1 aromatic rings. The van der Waals surface area contributed by atoms with Crippen molar-refractivity contribution < 1.29 is 14.3 Å². The van der Waals surface area contributed by atoms with Crippen molar-refractivity contribution in [1.82, 2.24) is 10.6 Å². The number of amides is 2. The van der Waals surface area contributed by atoms with E-state index in [1.165, 1.54) is 0 Å². The Morgan fingerprint density at radius 1 is 1.10 bits per heavy atom. The van der Waals surface area contributed by atoms with Crippen LogP contribution in [0.5, 0.6) is 11.5 Å². The molecule has 1 aromatic carbocycles. The van der Waals surface area contributed by atoms with Gasteiger partial charge in [-0.2, -0.15) is 0 Å². The standard InChI is InChI=1S/C16H26N2O3/c1-12(2)7-9-17-16(19)18-10-8-13-5-6-14(20-3)15(11-13)21-4/h5-6,11-12H,7-10H2,1-4H3,(H2,17,18,19). The Balaban J connectivity index is 2.33. The van der Waals surface area contributed by atoms with Crippen LogP contribution in [0, 0.1) is 5.92 Å². The molecule has 0 aliphatic rings. The lowest BCUT2D eigenvalue weighted by Crippen LogP contribution is -2.37. The molecule has 0 bridgehead atoms. The number of urea groups is 1. The van der Waals surface area contributed by atoms with Gasteiger partial charge in [-0.15, -0.1) is 0 Å². The number of nitrogens with one attached hydrogen (secondary N) is 2. The van der Waals surface area contributed by atoms with E-state index in [0.29, 0.717) is 30.5 Å². The van der Waals surface area contributed by atoms with E-state index in [0.717, 1.165) is 18.4 Å². The molecule has 5 heteroatoms. The molecular formula is C16H26N2O3. The number of rotatable bonds is 8. The van der Waals surface area contributed by atoms with Gasteiger partial charge in [0, 0.05) is 13.1 Å². The van der Waals surface area contributed by atoms with Gasteiger partial charge < -0.3 is 20.1 Å². The number of hydrogen-bond acceptors (Lipinski definition) is 3. The second kappa shape index (κ2) is 9.10. The molecular weight excluding hydrogens is 268 g/mol. The third kappa shape index (κ3) is 6.38. The highest BCUT2D eigenvalue weighted by molar-refractivity contribution is 5.73. The monoisotopic (exact) mass is 294 g/mol. The molecule has 0 atom stereocenters. The largest absolute Gasteiger partial charge is 0.493 e. The fourth-order valence-corrected chi connectivity index (χ4v) is 1.89. The molecule has 0 unspecified atom stereocenters. The first-order valence-corrected chi connectivity index (χ1v) is 7.29. The highest BCUT2D eigenvalue weighted by Crippen LogP contribution is 2.27. The Hall–Kier alpha value is -1.91. The first-order valence-electron chi connectivity index (χ1n) is 7.29. The van der Waals surface area contributed by atoms with Gasteiger partial charge >= 0.3 is 6.03 Å². The molecule has 2 N–H and O–H groups in total. The van der Waals surface area contributed by atoms with Crippen molar-refractivity contribution in [2.24, 2.45) is 5.92 Å². The highest BCUT2D eigenvalue weighted by Gasteiger charge is 2.05. The zero-order valence-corrected chi connectivity index (χ0v) is 13.4. The fourth-order valence-electron chi connectivity index (χ4n) is 1.89. The van der Waals surface area contributed by atoms with Gasteiger partial charge in [0.1, 0.15) is 0 Å². The number of hydrogen-bond donors (Lipinski definition) is 2. The summed E-state index contributed by atoms with van der Waals surface area (Å²) < 4.78 is 10.4. The van der Waals surface area contributed by atoms with Crippen LogP contribution in [0.4, 0.5) is 4.79 Å². The lowest BCUT2D eigenvalue weighted by atomic mass is 10.1. The topological polar surface area (TPSA) is 59.6 Å². The summed E-state index contributed by atoms with van der Waals surface area (Å²) in [7, 11) is 3.22. The van der Waals surface area contributed by atoms with E-state index in [4.69, 9.17) is 9.47 Å². The van der Waals surface area contributed by atoms with Crippen LogP contribution in [0.1, 0.15) is 25.8 Å². The molecule has 0 fully saturated rings. The predicted molar refractivity (Wildman–Crippen MR) is 84.1 cm³/mol. The van der Waals surface area contributed by atoms with Crippen molar-refractivity contribution in [3.63, 3.8) is 0 Å². The van der Waals surface area contributed by atoms with E-state index in [9.17, 15) is 4.79 Å². The quantitative estimate of drug-likeness (QED) is 0.775. The smallest absolute Gasteiger partial charge is 0.314 e. The zero-order valence-electron chi connectivity index (χ0n) is 13.4. The summed E-state index contributed by atoms with van der Waals surface area (Å²) in [5.41, 5.74) is 1.09. The molecule has 21 heavy (non-hydrogen) atoms. The van der Waals surface area contributed by atoms with Crippen LogP contribution >= 0.6 is 0 Å². The first-order chi connectivity index (χ1) is 10.1. The Morgan fingerprint density at radius 2 is 1.76 bits per heavy atom. The van der Waals surface area contributed by atoms with E-state index in [1.807, 2.05) is 18.2 Å². The second-order valence-electron chi connectivity index (χ2n) is 5.30. The molecule has 0 aliphatic heterocycles. The van der Waals surface area contributed by atoms with Crippen molar-refractivity contribution in [3.8, 4) is 11.5 Å². The third-order valence-corrected chi connectivity index (χ3v) is 3.15. The number of ether oxygens (including phenoxy) is 2. The molecule has 0 heterocycles. The van der Waals surface area contributed by atoms with Gasteiger partial charge in [-0.25, -0.2) is 4.79 Å². The summed E-state index contributed by atoms with van der Waals surface area (Å²) in [6.07, 6.45) is 1.74. The van der Waals surface area contributed by atoms with E-state index < -0.39 is 0 Å². The minimum absolute atomic E-state index is 0.115.